The number of ether oxygens (including phenoxy) is 1. The number of amides is 1. The van der Waals surface area contributed by atoms with Crippen LogP contribution in [0.25, 0.3) is 0 Å². The van der Waals surface area contributed by atoms with Crippen molar-refractivity contribution in [3.8, 4) is 0 Å². The van der Waals surface area contributed by atoms with Crippen LogP contribution in [0.1, 0.15) is 32.9 Å². The minimum absolute atomic E-state index is 0.149. The van der Waals surface area contributed by atoms with Crippen molar-refractivity contribution in [3.05, 3.63) is 11.9 Å². The molecule has 1 heterocycles. The van der Waals surface area contributed by atoms with E-state index in [0.29, 0.717) is 6.04 Å². The molecule has 7 nitrogen and oxygen atoms in total. The van der Waals surface area contributed by atoms with Gasteiger partial charge in [-0.25, -0.2) is 9.78 Å². The summed E-state index contributed by atoms with van der Waals surface area (Å²) < 4.78 is 7.31. The highest BCUT2D eigenvalue weighted by Gasteiger charge is 2.39. The van der Waals surface area contributed by atoms with E-state index in [0.717, 1.165) is 24.6 Å². The third-order valence-electron chi connectivity index (χ3n) is 3.50. The van der Waals surface area contributed by atoms with Gasteiger partial charge < -0.3 is 24.8 Å². The molecule has 2 rings (SSSR count). The van der Waals surface area contributed by atoms with E-state index in [1.54, 1.807) is 0 Å². The van der Waals surface area contributed by atoms with Crippen molar-refractivity contribution < 1.29 is 9.53 Å². The Hall–Kier alpha value is -1.76. The lowest BCUT2D eigenvalue weighted by molar-refractivity contribution is 0.0522. The molecule has 0 aliphatic heterocycles. The van der Waals surface area contributed by atoms with Crippen molar-refractivity contribution in [1.82, 2.24) is 20.2 Å². The molecule has 0 bridgehead atoms. The smallest absolute Gasteiger partial charge is 0.407 e. The van der Waals surface area contributed by atoms with E-state index in [1.165, 1.54) is 0 Å². The topological polar surface area (TPSA) is 71.4 Å². The van der Waals surface area contributed by atoms with E-state index >= 15 is 0 Å². The maximum Gasteiger partial charge on any atom is 0.407 e. The predicted molar refractivity (Wildman–Crippen MR) is 85.9 cm³/mol. The van der Waals surface area contributed by atoms with Crippen LogP contribution < -0.4 is 15.5 Å². The summed E-state index contributed by atoms with van der Waals surface area (Å²) in [6.07, 6.45) is 2.45. The number of alkyl carbamates (subject to hydrolysis) is 1. The molecular formula is C15H27N5O2. The minimum Gasteiger partial charge on any atom is -0.444 e. The number of rotatable bonds is 5. The summed E-state index contributed by atoms with van der Waals surface area (Å²) in [4.78, 5) is 18.0. The van der Waals surface area contributed by atoms with Crippen molar-refractivity contribution in [2.45, 2.75) is 51.4 Å². The first-order valence-electron chi connectivity index (χ1n) is 7.58. The molecule has 7 heteroatoms. The molecular weight excluding hydrogens is 282 g/mol. The molecule has 2 unspecified atom stereocenters. The second-order valence-corrected chi connectivity index (χ2v) is 6.98. The molecule has 1 fully saturated rings. The highest BCUT2D eigenvalue weighted by atomic mass is 16.6. The van der Waals surface area contributed by atoms with Crippen molar-refractivity contribution in [2.75, 3.05) is 19.0 Å². The molecule has 2 N–H and O–H groups in total. The first-order chi connectivity index (χ1) is 10.2. The predicted octanol–water partition coefficient (Wildman–Crippen LogP) is 1.24. The Bertz CT molecular complexity index is 533. The van der Waals surface area contributed by atoms with E-state index in [-0.39, 0.29) is 12.1 Å². The zero-order valence-electron chi connectivity index (χ0n) is 14.3. The molecule has 1 aliphatic rings. The second kappa shape index (κ2) is 6.16. The summed E-state index contributed by atoms with van der Waals surface area (Å²) in [5.74, 6) is 0.927. The molecule has 124 valence electrons. The maximum atomic E-state index is 11.7. The lowest BCUT2D eigenvalue weighted by Crippen LogP contribution is -2.36. The van der Waals surface area contributed by atoms with Gasteiger partial charge in [-0.15, -0.1) is 0 Å². The Morgan fingerprint density at radius 1 is 1.45 bits per heavy atom. The zero-order valence-corrected chi connectivity index (χ0v) is 14.3. The highest BCUT2D eigenvalue weighted by molar-refractivity contribution is 5.68. The van der Waals surface area contributed by atoms with Crippen molar-refractivity contribution >= 4 is 12.0 Å². The van der Waals surface area contributed by atoms with Crippen LogP contribution in [0.3, 0.4) is 0 Å². The Balaban J connectivity index is 1.75. The van der Waals surface area contributed by atoms with Crippen molar-refractivity contribution in [3.63, 3.8) is 0 Å². The fraction of sp³-hybridized carbons (Fsp3) is 0.733. The van der Waals surface area contributed by atoms with E-state index < -0.39 is 5.60 Å². The van der Waals surface area contributed by atoms with E-state index in [2.05, 4.69) is 20.2 Å². The monoisotopic (exact) mass is 309 g/mol. The third kappa shape index (κ3) is 4.37. The molecule has 1 aromatic rings. The summed E-state index contributed by atoms with van der Waals surface area (Å²) >= 11 is 0. The molecule has 0 radical (unpaired) electrons. The molecule has 1 aliphatic carbocycles. The number of anilines is 1. The van der Waals surface area contributed by atoms with Gasteiger partial charge in [0.2, 0.25) is 5.95 Å². The van der Waals surface area contributed by atoms with Crippen LogP contribution in [-0.2, 0) is 18.3 Å². The van der Waals surface area contributed by atoms with Crippen LogP contribution in [0.4, 0.5) is 10.7 Å². The van der Waals surface area contributed by atoms with Gasteiger partial charge in [0.15, 0.2) is 0 Å². The normalized spacial score (nSPS) is 20.6. The van der Waals surface area contributed by atoms with Gasteiger partial charge in [-0.3, -0.25) is 0 Å². The average molecular weight is 309 g/mol. The summed E-state index contributed by atoms with van der Waals surface area (Å²) in [6.45, 7) is 6.31. The molecule has 0 aromatic carbocycles. The molecule has 0 saturated heterocycles. The second-order valence-electron chi connectivity index (χ2n) is 6.98. The van der Waals surface area contributed by atoms with Gasteiger partial charge in [0.1, 0.15) is 5.60 Å². The molecule has 1 amide bonds. The van der Waals surface area contributed by atoms with Crippen LogP contribution in [0.2, 0.25) is 0 Å². The summed E-state index contributed by atoms with van der Waals surface area (Å²) in [5, 5.41) is 6.32. The van der Waals surface area contributed by atoms with Gasteiger partial charge in [0.25, 0.3) is 0 Å². The summed E-state index contributed by atoms with van der Waals surface area (Å²) in [6, 6.07) is 0.446. The number of nitrogens with zero attached hydrogens (tertiary/aromatic N) is 3. The Morgan fingerprint density at radius 3 is 2.68 bits per heavy atom. The maximum absolute atomic E-state index is 11.7. The Labute approximate surface area is 132 Å². The number of hydrogen-bond donors (Lipinski definition) is 2. The minimum atomic E-state index is -0.459. The number of carbonyl (C=O) groups excluding carboxylic acids is 1. The fourth-order valence-corrected chi connectivity index (χ4v) is 2.29. The first-order valence-corrected chi connectivity index (χ1v) is 7.58. The lowest BCUT2D eigenvalue weighted by atomic mass is 10.2. The number of aromatic nitrogens is 2. The van der Waals surface area contributed by atoms with Crippen LogP contribution in [0, 0.1) is 0 Å². The first kappa shape index (κ1) is 16.6. The SMILES string of the molecule is CN(C)c1ncc(CNC2CC2NC(=O)OC(C)(C)C)n1C. The number of carbonyl (C=O) groups is 1. The molecule has 22 heavy (non-hydrogen) atoms. The van der Waals surface area contributed by atoms with Crippen molar-refractivity contribution in [1.29, 1.82) is 0 Å². The van der Waals surface area contributed by atoms with Crippen LogP contribution in [0.15, 0.2) is 6.20 Å². The molecule has 1 saturated carbocycles. The van der Waals surface area contributed by atoms with Gasteiger partial charge in [0, 0.05) is 39.8 Å². The lowest BCUT2D eigenvalue weighted by Gasteiger charge is -2.19. The van der Waals surface area contributed by atoms with Gasteiger partial charge in [-0.05, 0) is 27.2 Å². The zero-order chi connectivity index (χ0) is 16.5. The van der Waals surface area contributed by atoms with E-state index in [4.69, 9.17) is 4.74 Å². The van der Waals surface area contributed by atoms with Gasteiger partial charge in [-0.2, -0.15) is 0 Å². The molecule has 0 spiro atoms. The number of hydrogen-bond acceptors (Lipinski definition) is 5. The van der Waals surface area contributed by atoms with Gasteiger partial charge in [0.05, 0.1) is 11.9 Å². The molecule has 1 aromatic heterocycles. The Morgan fingerprint density at radius 2 is 2.14 bits per heavy atom. The standard InChI is InChI=1S/C15H27N5O2/c1-15(2,3)22-14(21)18-12-7-11(12)16-8-10-9-17-13(19(4)5)20(10)6/h9,11-12,16H,7-8H2,1-6H3,(H,18,21). The average Bonchev–Trinajstić information content (AvgIpc) is 2.96. The van der Waals surface area contributed by atoms with Crippen LogP contribution in [0.5, 0.6) is 0 Å². The van der Waals surface area contributed by atoms with Crippen molar-refractivity contribution in [2.24, 2.45) is 7.05 Å². The summed E-state index contributed by atoms with van der Waals surface area (Å²) in [5.41, 5.74) is 0.658. The van der Waals surface area contributed by atoms with Gasteiger partial charge in [-0.1, -0.05) is 0 Å². The van der Waals surface area contributed by atoms with E-state index in [1.807, 2.05) is 53.0 Å². The van der Waals surface area contributed by atoms with Crippen LogP contribution in [-0.4, -0.2) is 47.4 Å². The Kier molecular flexibility index (Phi) is 4.65. The summed E-state index contributed by atoms with van der Waals surface area (Å²) in [7, 11) is 5.95. The quantitative estimate of drug-likeness (QED) is 0.856. The molecule has 2 atom stereocenters. The highest BCUT2D eigenvalue weighted by Crippen LogP contribution is 2.22. The number of imidazole rings is 1. The fourth-order valence-electron chi connectivity index (χ4n) is 2.29. The largest absolute Gasteiger partial charge is 0.444 e. The van der Waals surface area contributed by atoms with Gasteiger partial charge >= 0.3 is 6.09 Å². The van der Waals surface area contributed by atoms with E-state index in [9.17, 15) is 4.79 Å². The number of nitrogens with one attached hydrogen (secondary N) is 2. The third-order valence-corrected chi connectivity index (χ3v) is 3.50. The van der Waals surface area contributed by atoms with Crippen LogP contribution >= 0.6 is 0 Å².